The maximum atomic E-state index is 11.0. The van der Waals surface area contributed by atoms with Crippen LogP contribution in [-0.2, 0) is 0 Å². The fourth-order valence-corrected chi connectivity index (χ4v) is 1.50. The summed E-state index contributed by atoms with van der Waals surface area (Å²) in [5, 5.41) is 14.1. The summed E-state index contributed by atoms with van der Waals surface area (Å²) in [5.41, 5.74) is -0.256. The van der Waals surface area contributed by atoms with Crippen molar-refractivity contribution in [3.05, 3.63) is 22.2 Å². The zero-order chi connectivity index (χ0) is 13.8. The Kier molecular flexibility index (Phi) is 4.47. The molecule has 0 aliphatic rings. The molecule has 1 aromatic heterocycles. The third-order valence-corrected chi connectivity index (χ3v) is 3.24. The molecule has 1 heterocycles. The molecule has 0 aliphatic carbocycles. The third-order valence-electron chi connectivity index (χ3n) is 3.24. The number of hydrogen-bond acceptors (Lipinski definition) is 5. The minimum absolute atomic E-state index is 0.0380. The number of nitrogens with one attached hydrogen (secondary N) is 1. The molecule has 6 heteroatoms. The van der Waals surface area contributed by atoms with Gasteiger partial charge in [0.2, 0.25) is 11.7 Å². The number of rotatable bonds is 6. The summed E-state index contributed by atoms with van der Waals surface area (Å²) >= 11 is 0. The van der Waals surface area contributed by atoms with Crippen LogP contribution in [0.3, 0.4) is 0 Å². The molecule has 100 valence electrons. The van der Waals surface area contributed by atoms with Crippen molar-refractivity contribution in [3.63, 3.8) is 0 Å². The van der Waals surface area contributed by atoms with E-state index in [9.17, 15) is 10.1 Å². The maximum absolute atomic E-state index is 11.0. The molecular weight excluding hydrogens is 234 g/mol. The van der Waals surface area contributed by atoms with E-state index in [1.165, 1.54) is 19.2 Å². The highest BCUT2D eigenvalue weighted by Crippen LogP contribution is 2.29. The highest BCUT2D eigenvalue weighted by atomic mass is 16.6. The van der Waals surface area contributed by atoms with E-state index in [0.717, 1.165) is 12.8 Å². The van der Waals surface area contributed by atoms with Crippen molar-refractivity contribution in [2.24, 2.45) is 0 Å². The first kappa shape index (κ1) is 14.2. The minimum Gasteiger partial charge on any atom is -0.481 e. The van der Waals surface area contributed by atoms with Gasteiger partial charge in [0.05, 0.1) is 12.0 Å². The van der Waals surface area contributed by atoms with Gasteiger partial charge in [-0.25, -0.2) is 0 Å². The van der Waals surface area contributed by atoms with Gasteiger partial charge >= 0.3 is 5.69 Å². The molecule has 0 amide bonds. The van der Waals surface area contributed by atoms with Gasteiger partial charge < -0.3 is 10.1 Å². The van der Waals surface area contributed by atoms with Gasteiger partial charge in [0.15, 0.2) is 0 Å². The second kappa shape index (κ2) is 5.66. The number of aromatic nitrogens is 1. The minimum atomic E-state index is -0.444. The van der Waals surface area contributed by atoms with Gasteiger partial charge in [-0.05, 0) is 19.8 Å². The Labute approximate surface area is 107 Å². The molecule has 1 rings (SSSR count). The van der Waals surface area contributed by atoms with E-state index >= 15 is 0 Å². The normalized spacial score (nSPS) is 11.1. The summed E-state index contributed by atoms with van der Waals surface area (Å²) in [4.78, 5) is 14.6. The molecule has 1 N–H and O–H groups in total. The fraction of sp³-hybridized carbons (Fsp3) is 0.583. The Morgan fingerprint density at radius 2 is 2.06 bits per heavy atom. The first-order chi connectivity index (χ1) is 8.45. The van der Waals surface area contributed by atoms with Gasteiger partial charge in [0.25, 0.3) is 0 Å². The number of nitro groups is 1. The standard InChI is InChI=1S/C12H19N3O3/c1-5-12(3,6-2)14-11-9(15(16)17)7-8-10(13-11)18-4/h7-8H,5-6H2,1-4H3,(H,13,14). The summed E-state index contributed by atoms with van der Waals surface area (Å²) in [6.07, 6.45) is 1.69. The largest absolute Gasteiger partial charge is 0.481 e. The van der Waals surface area contributed by atoms with E-state index in [1.54, 1.807) is 0 Å². The predicted molar refractivity (Wildman–Crippen MR) is 70.1 cm³/mol. The average Bonchev–Trinajstić information content (AvgIpc) is 2.38. The molecule has 0 atom stereocenters. The second-order valence-corrected chi connectivity index (χ2v) is 4.37. The number of nitrogens with zero attached hydrogens (tertiary/aromatic N) is 2. The van der Waals surface area contributed by atoms with E-state index in [0.29, 0.717) is 5.88 Å². The van der Waals surface area contributed by atoms with Crippen molar-refractivity contribution in [1.82, 2.24) is 4.98 Å². The number of hydrogen-bond donors (Lipinski definition) is 1. The monoisotopic (exact) mass is 253 g/mol. The summed E-state index contributed by atoms with van der Waals surface area (Å²) in [5.74, 6) is 0.614. The zero-order valence-corrected chi connectivity index (χ0v) is 11.2. The van der Waals surface area contributed by atoms with Crippen molar-refractivity contribution >= 4 is 11.5 Å². The van der Waals surface area contributed by atoms with Crippen LogP contribution in [0.1, 0.15) is 33.6 Å². The van der Waals surface area contributed by atoms with Crippen LogP contribution in [0.2, 0.25) is 0 Å². The smallest absolute Gasteiger partial charge is 0.311 e. The first-order valence-corrected chi connectivity index (χ1v) is 5.93. The van der Waals surface area contributed by atoms with E-state index < -0.39 is 4.92 Å². The molecule has 0 aromatic carbocycles. The van der Waals surface area contributed by atoms with Crippen molar-refractivity contribution in [3.8, 4) is 5.88 Å². The fourth-order valence-electron chi connectivity index (χ4n) is 1.50. The Bertz CT molecular complexity index is 431. The molecule has 0 saturated carbocycles. The van der Waals surface area contributed by atoms with Crippen LogP contribution in [0.4, 0.5) is 11.5 Å². The molecule has 0 unspecified atom stereocenters. The summed E-state index contributed by atoms with van der Waals surface area (Å²) in [7, 11) is 1.48. The van der Waals surface area contributed by atoms with Crippen LogP contribution < -0.4 is 10.1 Å². The lowest BCUT2D eigenvalue weighted by molar-refractivity contribution is -0.384. The van der Waals surface area contributed by atoms with Gasteiger partial charge in [-0.15, -0.1) is 0 Å². The van der Waals surface area contributed by atoms with Crippen LogP contribution in [0.15, 0.2) is 12.1 Å². The van der Waals surface area contributed by atoms with Crippen LogP contribution in [-0.4, -0.2) is 22.6 Å². The summed E-state index contributed by atoms with van der Waals surface area (Å²) < 4.78 is 5.00. The van der Waals surface area contributed by atoms with Crippen LogP contribution >= 0.6 is 0 Å². The SMILES string of the molecule is CCC(C)(CC)Nc1nc(OC)ccc1[N+](=O)[O-]. The molecular formula is C12H19N3O3. The van der Waals surface area contributed by atoms with E-state index in [2.05, 4.69) is 10.3 Å². The Morgan fingerprint density at radius 3 is 2.50 bits per heavy atom. The highest BCUT2D eigenvalue weighted by molar-refractivity contribution is 5.58. The Balaban J connectivity index is 3.15. The number of ether oxygens (including phenoxy) is 1. The topological polar surface area (TPSA) is 77.3 Å². The van der Waals surface area contributed by atoms with Crippen LogP contribution in [0, 0.1) is 10.1 Å². The molecule has 0 saturated heterocycles. The van der Waals surface area contributed by atoms with Crippen LogP contribution in [0.5, 0.6) is 5.88 Å². The molecule has 0 radical (unpaired) electrons. The lowest BCUT2D eigenvalue weighted by Gasteiger charge is -2.28. The quantitative estimate of drug-likeness (QED) is 0.623. The maximum Gasteiger partial charge on any atom is 0.311 e. The highest BCUT2D eigenvalue weighted by Gasteiger charge is 2.25. The Hall–Kier alpha value is -1.85. The zero-order valence-electron chi connectivity index (χ0n) is 11.2. The number of anilines is 1. The molecule has 6 nitrogen and oxygen atoms in total. The average molecular weight is 253 g/mol. The summed E-state index contributed by atoms with van der Waals surface area (Å²) in [6, 6.07) is 2.89. The lowest BCUT2D eigenvalue weighted by atomic mass is 9.95. The van der Waals surface area contributed by atoms with E-state index in [1.807, 2.05) is 20.8 Å². The van der Waals surface area contributed by atoms with Gasteiger partial charge in [-0.2, -0.15) is 4.98 Å². The van der Waals surface area contributed by atoms with E-state index in [-0.39, 0.29) is 17.0 Å². The molecule has 0 bridgehead atoms. The van der Waals surface area contributed by atoms with Gasteiger partial charge in [-0.3, -0.25) is 10.1 Å². The van der Waals surface area contributed by atoms with Crippen molar-refractivity contribution in [2.75, 3.05) is 12.4 Å². The predicted octanol–water partition coefficient (Wildman–Crippen LogP) is 2.99. The molecule has 0 fully saturated rings. The van der Waals surface area contributed by atoms with Gasteiger partial charge in [-0.1, -0.05) is 13.8 Å². The number of pyridine rings is 1. The van der Waals surface area contributed by atoms with E-state index in [4.69, 9.17) is 4.74 Å². The summed E-state index contributed by atoms with van der Waals surface area (Å²) in [6.45, 7) is 6.07. The molecule has 18 heavy (non-hydrogen) atoms. The lowest BCUT2D eigenvalue weighted by Crippen LogP contribution is -2.33. The molecule has 1 aromatic rings. The van der Waals surface area contributed by atoms with Gasteiger partial charge in [0.1, 0.15) is 0 Å². The number of methoxy groups -OCH3 is 1. The Morgan fingerprint density at radius 1 is 1.44 bits per heavy atom. The van der Waals surface area contributed by atoms with Crippen molar-refractivity contribution in [2.45, 2.75) is 39.2 Å². The molecule has 0 aliphatic heterocycles. The first-order valence-electron chi connectivity index (χ1n) is 5.93. The van der Waals surface area contributed by atoms with Crippen molar-refractivity contribution < 1.29 is 9.66 Å². The van der Waals surface area contributed by atoms with Crippen molar-refractivity contribution in [1.29, 1.82) is 0 Å². The third kappa shape index (κ3) is 3.09. The second-order valence-electron chi connectivity index (χ2n) is 4.37. The van der Waals surface area contributed by atoms with Gasteiger partial charge in [0, 0.05) is 17.7 Å². The molecule has 0 spiro atoms. The van der Waals surface area contributed by atoms with Crippen LogP contribution in [0.25, 0.3) is 0 Å².